The lowest BCUT2D eigenvalue weighted by Gasteiger charge is -2.22. The van der Waals surface area contributed by atoms with E-state index in [1.807, 2.05) is 0 Å². The average molecular weight is 432 g/mol. The van der Waals surface area contributed by atoms with E-state index in [4.69, 9.17) is 25.6 Å². The fourth-order valence-corrected chi connectivity index (χ4v) is 3.69. The van der Waals surface area contributed by atoms with Gasteiger partial charge in [0.25, 0.3) is 0 Å². The van der Waals surface area contributed by atoms with Gasteiger partial charge in [0.05, 0.1) is 20.8 Å². The van der Waals surface area contributed by atoms with E-state index in [1.54, 1.807) is 38.5 Å². The van der Waals surface area contributed by atoms with Crippen LogP contribution in [-0.4, -0.2) is 35.2 Å². The number of nitrogens with zero attached hydrogens (tertiary/aromatic N) is 3. The number of carbonyl (C=O) groups excluding carboxylic acids is 1. The van der Waals surface area contributed by atoms with E-state index >= 15 is 0 Å². The second kappa shape index (κ2) is 8.31. The van der Waals surface area contributed by atoms with Crippen LogP contribution in [0.1, 0.15) is 30.3 Å². The summed E-state index contributed by atoms with van der Waals surface area (Å²) in [6.07, 6.45) is 0.801. The van der Waals surface area contributed by atoms with Gasteiger partial charge >= 0.3 is 0 Å². The van der Waals surface area contributed by atoms with Gasteiger partial charge in [-0.2, -0.15) is 4.98 Å². The number of ether oxygens (including phenoxy) is 2. The van der Waals surface area contributed by atoms with E-state index in [2.05, 4.69) is 10.1 Å². The molecule has 1 saturated heterocycles. The van der Waals surface area contributed by atoms with Gasteiger partial charge in [0.2, 0.25) is 17.6 Å². The Kier molecular flexibility index (Phi) is 5.59. The quantitative estimate of drug-likeness (QED) is 0.575. The number of benzene rings is 2. The van der Waals surface area contributed by atoms with Gasteiger partial charge in [-0.1, -0.05) is 22.8 Å². The molecule has 0 aliphatic carbocycles. The first kappa shape index (κ1) is 20.2. The molecule has 0 spiro atoms. The van der Waals surface area contributed by atoms with E-state index in [0.29, 0.717) is 35.7 Å². The van der Waals surface area contributed by atoms with Crippen LogP contribution in [0, 0.1) is 5.82 Å². The molecule has 1 unspecified atom stereocenters. The Labute approximate surface area is 177 Å². The van der Waals surface area contributed by atoms with Crippen molar-refractivity contribution in [1.29, 1.82) is 0 Å². The SMILES string of the molecule is COc1cc(OC)cc(-c2noc(C3CCC(=O)N3Cc3c(F)cccc3Cl)n2)c1. The molecule has 30 heavy (non-hydrogen) atoms. The highest BCUT2D eigenvalue weighted by molar-refractivity contribution is 6.31. The highest BCUT2D eigenvalue weighted by Crippen LogP contribution is 2.36. The Morgan fingerprint density at radius 1 is 1.23 bits per heavy atom. The minimum atomic E-state index is -0.462. The summed E-state index contributed by atoms with van der Waals surface area (Å²) in [7, 11) is 3.10. The average Bonchev–Trinajstić information content (AvgIpc) is 3.37. The zero-order valence-electron chi connectivity index (χ0n) is 16.4. The largest absolute Gasteiger partial charge is 0.497 e. The van der Waals surface area contributed by atoms with Crippen LogP contribution < -0.4 is 9.47 Å². The molecular formula is C21H19ClFN3O4. The predicted octanol–water partition coefficient (Wildman–Crippen LogP) is 4.41. The maximum absolute atomic E-state index is 14.2. The summed E-state index contributed by atoms with van der Waals surface area (Å²) in [6, 6.07) is 9.23. The normalized spacial score (nSPS) is 16.2. The molecule has 1 amide bonds. The second-order valence-electron chi connectivity index (χ2n) is 6.83. The number of rotatable bonds is 6. The number of hydrogen-bond acceptors (Lipinski definition) is 6. The minimum Gasteiger partial charge on any atom is -0.497 e. The molecule has 1 atom stereocenters. The molecule has 0 bridgehead atoms. The van der Waals surface area contributed by atoms with Crippen molar-refractivity contribution in [3.05, 3.63) is 58.7 Å². The first-order valence-corrected chi connectivity index (χ1v) is 9.67. The third-order valence-electron chi connectivity index (χ3n) is 5.05. The van der Waals surface area contributed by atoms with E-state index in [0.717, 1.165) is 0 Å². The molecule has 4 rings (SSSR count). The van der Waals surface area contributed by atoms with E-state index in [9.17, 15) is 9.18 Å². The molecule has 2 aromatic carbocycles. The van der Waals surface area contributed by atoms with Crippen molar-refractivity contribution in [2.75, 3.05) is 14.2 Å². The molecule has 1 aliphatic heterocycles. The number of methoxy groups -OCH3 is 2. The van der Waals surface area contributed by atoms with Crippen LogP contribution in [0.5, 0.6) is 11.5 Å². The van der Waals surface area contributed by atoms with Crippen molar-refractivity contribution >= 4 is 17.5 Å². The summed E-state index contributed by atoms with van der Waals surface area (Å²) >= 11 is 6.14. The maximum Gasteiger partial charge on any atom is 0.249 e. The smallest absolute Gasteiger partial charge is 0.249 e. The Balaban J connectivity index is 1.63. The molecular weight excluding hydrogens is 413 g/mol. The second-order valence-corrected chi connectivity index (χ2v) is 7.24. The molecule has 9 heteroatoms. The van der Waals surface area contributed by atoms with Crippen molar-refractivity contribution in [3.8, 4) is 22.9 Å². The predicted molar refractivity (Wildman–Crippen MR) is 107 cm³/mol. The monoisotopic (exact) mass is 431 g/mol. The van der Waals surface area contributed by atoms with Crippen LogP contribution in [0.2, 0.25) is 5.02 Å². The van der Waals surface area contributed by atoms with Crippen molar-refractivity contribution < 1.29 is 23.2 Å². The van der Waals surface area contributed by atoms with Crippen molar-refractivity contribution in [2.45, 2.75) is 25.4 Å². The lowest BCUT2D eigenvalue weighted by molar-refractivity contribution is -0.130. The molecule has 1 fully saturated rings. The summed E-state index contributed by atoms with van der Waals surface area (Å²) in [5.74, 6) is 1.21. The van der Waals surface area contributed by atoms with Crippen molar-refractivity contribution in [3.63, 3.8) is 0 Å². The third kappa shape index (κ3) is 3.82. The van der Waals surface area contributed by atoms with Gasteiger partial charge in [-0.05, 0) is 30.7 Å². The minimum absolute atomic E-state index is 0.0275. The number of amides is 1. The third-order valence-corrected chi connectivity index (χ3v) is 5.41. The van der Waals surface area contributed by atoms with Crippen LogP contribution in [0.3, 0.4) is 0 Å². The van der Waals surface area contributed by atoms with Crippen LogP contribution in [0.25, 0.3) is 11.4 Å². The lowest BCUT2D eigenvalue weighted by atomic mass is 10.1. The molecule has 3 aromatic rings. The van der Waals surface area contributed by atoms with Crippen molar-refractivity contribution in [1.82, 2.24) is 15.0 Å². The zero-order valence-corrected chi connectivity index (χ0v) is 17.1. The number of hydrogen-bond donors (Lipinski definition) is 0. The van der Waals surface area contributed by atoms with Gasteiger partial charge in [-0.15, -0.1) is 0 Å². The summed E-state index contributed by atoms with van der Waals surface area (Å²) in [4.78, 5) is 18.5. The number of aromatic nitrogens is 2. The van der Waals surface area contributed by atoms with Crippen molar-refractivity contribution in [2.24, 2.45) is 0 Å². The molecule has 2 heterocycles. The van der Waals surface area contributed by atoms with Crippen LogP contribution in [0.4, 0.5) is 4.39 Å². The number of halogens is 2. The van der Waals surface area contributed by atoms with Crippen LogP contribution in [0.15, 0.2) is 40.9 Å². The maximum atomic E-state index is 14.2. The first-order chi connectivity index (χ1) is 14.5. The number of carbonyl (C=O) groups is 1. The van der Waals surface area contributed by atoms with E-state index < -0.39 is 11.9 Å². The standard InChI is InChI=1S/C21H19ClFN3O4/c1-28-13-8-12(9-14(10-13)29-2)20-24-21(30-25-20)18-6-7-19(27)26(18)11-15-16(22)4-3-5-17(15)23/h3-5,8-10,18H,6-7,11H2,1-2H3. The Hall–Kier alpha value is -3.13. The van der Waals surface area contributed by atoms with Gasteiger partial charge in [-0.25, -0.2) is 4.39 Å². The highest BCUT2D eigenvalue weighted by atomic mass is 35.5. The zero-order chi connectivity index (χ0) is 21.3. The van der Waals surface area contributed by atoms with Gasteiger partial charge in [0.1, 0.15) is 23.4 Å². The fourth-order valence-electron chi connectivity index (χ4n) is 3.47. The van der Waals surface area contributed by atoms with Gasteiger partial charge in [0, 0.05) is 28.6 Å². The van der Waals surface area contributed by atoms with Crippen LogP contribution in [-0.2, 0) is 11.3 Å². The topological polar surface area (TPSA) is 77.7 Å². The Morgan fingerprint density at radius 2 is 1.97 bits per heavy atom. The highest BCUT2D eigenvalue weighted by Gasteiger charge is 2.36. The van der Waals surface area contributed by atoms with Crippen LogP contribution >= 0.6 is 11.6 Å². The molecule has 1 aromatic heterocycles. The molecule has 156 valence electrons. The molecule has 7 nitrogen and oxygen atoms in total. The van der Waals surface area contributed by atoms with E-state index in [-0.39, 0.29) is 28.9 Å². The Morgan fingerprint density at radius 3 is 2.63 bits per heavy atom. The summed E-state index contributed by atoms with van der Waals surface area (Å²) in [5, 5.41) is 4.31. The fraction of sp³-hybridized carbons (Fsp3) is 0.286. The number of likely N-dealkylation sites (tertiary alicyclic amines) is 1. The summed E-state index contributed by atoms with van der Waals surface area (Å²) in [6.45, 7) is 0.0275. The molecule has 0 N–H and O–H groups in total. The Bertz CT molecular complexity index is 1050. The van der Waals surface area contributed by atoms with Gasteiger partial charge in [-0.3, -0.25) is 4.79 Å². The molecule has 0 radical (unpaired) electrons. The van der Waals surface area contributed by atoms with E-state index in [1.165, 1.54) is 17.0 Å². The van der Waals surface area contributed by atoms with Gasteiger partial charge in [0.15, 0.2) is 0 Å². The molecule has 1 aliphatic rings. The first-order valence-electron chi connectivity index (χ1n) is 9.29. The van der Waals surface area contributed by atoms with Gasteiger partial charge < -0.3 is 18.9 Å². The summed E-state index contributed by atoms with van der Waals surface area (Å²) < 4.78 is 30.3. The molecule has 0 saturated carbocycles. The summed E-state index contributed by atoms with van der Waals surface area (Å²) in [5.41, 5.74) is 0.908. The lowest BCUT2D eigenvalue weighted by Crippen LogP contribution is -2.28.